The molecule has 0 aromatic heterocycles. The van der Waals surface area contributed by atoms with Crippen LogP contribution >= 0.6 is 0 Å². The lowest BCUT2D eigenvalue weighted by molar-refractivity contribution is 0.479. The van der Waals surface area contributed by atoms with E-state index < -0.39 is 0 Å². The largest absolute Gasteiger partial charge is 0.315 e. The highest BCUT2D eigenvalue weighted by molar-refractivity contribution is 4.62. The van der Waals surface area contributed by atoms with Gasteiger partial charge in [0.15, 0.2) is 0 Å². The average Bonchev–Trinajstić information content (AvgIpc) is 1.91. The molecule has 0 rings (SSSR count). The average molecular weight is 131 g/mol. The van der Waals surface area contributed by atoms with Crippen LogP contribution in [0.15, 0.2) is 0 Å². The molecule has 9 heavy (non-hydrogen) atoms. The SMILES string of the molecule is CCNCC(CC)NN. The number of nitrogens with one attached hydrogen (secondary N) is 2. The van der Waals surface area contributed by atoms with Crippen LogP contribution in [0.5, 0.6) is 0 Å². The molecule has 0 fully saturated rings. The quantitative estimate of drug-likeness (QED) is 0.359. The summed E-state index contributed by atoms with van der Waals surface area (Å²) in [6.45, 7) is 6.17. The Balaban J connectivity index is 3.09. The van der Waals surface area contributed by atoms with Gasteiger partial charge in [-0.15, -0.1) is 0 Å². The second kappa shape index (κ2) is 6.01. The van der Waals surface area contributed by atoms with Gasteiger partial charge in [0.05, 0.1) is 0 Å². The summed E-state index contributed by atoms with van der Waals surface area (Å²) in [5.41, 5.74) is 2.72. The third kappa shape index (κ3) is 4.39. The van der Waals surface area contributed by atoms with E-state index in [1.807, 2.05) is 0 Å². The van der Waals surface area contributed by atoms with Gasteiger partial charge in [0.25, 0.3) is 0 Å². The molecule has 0 bridgehead atoms. The van der Waals surface area contributed by atoms with E-state index in [2.05, 4.69) is 24.6 Å². The Morgan fingerprint density at radius 2 is 2.11 bits per heavy atom. The topological polar surface area (TPSA) is 50.1 Å². The monoisotopic (exact) mass is 131 g/mol. The first kappa shape index (κ1) is 8.88. The highest BCUT2D eigenvalue weighted by Crippen LogP contribution is 1.84. The fourth-order valence-electron chi connectivity index (χ4n) is 0.640. The number of hydrogen-bond acceptors (Lipinski definition) is 3. The minimum absolute atomic E-state index is 0.421. The van der Waals surface area contributed by atoms with Gasteiger partial charge in [-0.3, -0.25) is 11.3 Å². The van der Waals surface area contributed by atoms with E-state index in [1.54, 1.807) is 0 Å². The molecule has 0 saturated heterocycles. The fourth-order valence-corrected chi connectivity index (χ4v) is 0.640. The van der Waals surface area contributed by atoms with E-state index in [9.17, 15) is 0 Å². The molecular weight excluding hydrogens is 114 g/mol. The van der Waals surface area contributed by atoms with Crippen molar-refractivity contribution in [2.24, 2.45) is 5.84 Å². The van der Waals surface area contributed by atoms with Crippen molar-refractivity contribution < 1.29 is 0 Å². The maximum absolute atomic E-state index is 5.23. The van der Waals surface area contributed by atoms with Crippen molar-refractivity contribution in [2.45, 2.75) is 26.3 Å². The normalized spacial score (nSPS) is 13.7. The standard InChI is InChI=1S/C6H17N3/c1-3-6(9-7)5-8-4-2/h6,8-9H,3-5,7H2,1-2H3. The van der Waals surface area contributed by atoms with Crippen LogP contribution in [0, 0.1) is 0 Å². The molecule has 0 aromatic carbocycles. The molecule has 56 valence electrons. The van der Waals surface area contributed by atoms with Gasteiger partial charge in [0, 0.05) is 12.6 Å². The van der Waals surface area contributed by atoms with Crippen LogP contribution < -0.4 is 16.6 Å². The predicted octanol–water partition coefficient (Wildman–Crippen LogP) is -0.162. The molecule has 0 heterocycles. The zero-order valence-electron chi connectivity index (χ0n) is 6.28. The second-order valence-corrected chi connectivity index (χ2v) is 2.08. The van der Waals surface area contributed by atoms with Crippen molar-refractivity contribution >= 4 is 0 Å². The number of likely N-dealkylation sites (N-methyl/N-ethyl adjacent to an activating group) is 1. The minimum Gasteiger partial charge on any atom is -0.315 e. The number of hydrazine groups is 1. The van der Waals surface area contributed by atoms with Crippen LogP contribution in [0.3, 0.4) is 0 Å². The van der Waals surface area contributed by atoms with Gasteiger partial charge in [0.1, 0.15) is 0 Å². The highest BCUT2D eigenvalue weighted by Gasteiger charge is 1.99. The molecular formula is C6H17N3. The van der Waals surface area contributed by atoms with Crippen molar-refractivity contribution in [1.29, 1.82) is 0 Å². The van der Waals surface area contributed by atoms with Crippen molar-refractivity contribution in [2.75, 3.05) is 13.1 Å². The Labute approximate surface area is 57.0 Å². The summed E-state index contributed by atoms with van der Waals surface area (Å²) in [6, 6.07) is 0.421. The number of nitrogens with two attached hydrogens (primary N) is 1. The molecule has 0 saturated carbocycles. The van der Waals surface area contributed by atoms with E-state index >= 15 is 0 Å². The summed E-state index contributed by atoms with van der Waals surface area (Å²) in [4.78, 5) is 0. The predicted molar refractivity (Wildman–Crippen MR) is 39.9 cm³/mol. The summed E-state index contributed by atoms with van der Waals surface area (Å²) >= 11 is 0. The van der Waals surface area contributed by atoms with Crippen molar-refractivity contribution in [3.8, 4) is 0 Å². The molecule has 1 unspecified atom stereocenters. The minimum atomic E-state index is 0.421. The van der Waals surface area contributed by atoms with Crippen LogP contribution in [0.4, 0.5) is 0 Å². The van der Waals surface area contributed by atoms with Crippen LogP contribution in [-0.4, -0.2) is 19.1 Å². The van der Waals surface area contributed by atoms with E-state index in [-0.39, 0.29) is 0 Å². The van der Waals surface area contributed by atoms with Gasteiger partial charge in [-0.1, -0.05) is 13.8 Å². The molecule has 4 N–H and O–H groups in total. The molecule has 0 aromatic rings. The van der Waals surface area contributed by atoms with Gasteiger partial charge in [-0.2, -0.15) is 0 Å². The first-order valence-electron chi connectivity index (χ1n) is 3.52. The molecule has 0 amide bonds. The Bertz CT molecular complexity index is 52.3. The van der Waals surface area contributed by atoms with Gasteiger partial charge in [0.2, 0.25) is 0 Å². The summed E-state index contributed by atoms with van der Waals surface area (Å²) < 4.78 is 0. The molecule has 3 nitrogen and oxygen atoms in total. The third-order valence-corrected chi connectivity index (χ3v) is 1.37. The zero-order valence-corrected chi connectivity index (χ0v) is 6.28. The Kier molecular flexibility index (Phi) is 5.93. The molecule has 3 heteroatoms. The molecule has 1 atom stereocenters. The highest BCUT2D eigenvalue weighted by atomic mass is 15.2. The lowest BCUT2D eigenvalue weighted by atomic mass is 10.2. The summed E-state index contributed by atoms with van der Waals surface area (Å²) in [7, 11) is 0. The van der Waals surface area contributed by atoms with Crippen molar-refractivity contribution in [3.05, 3.63) is 0 Å². The van der Waals surface area contributed by atoms with Crippen LogP contribution in [0.1, 0.15) is 20.3 Å². The summed E-state index contributed by atoms with van der Waals surface area (Å²) in [5, 5.41) is 3.21. The third-order valence-electron chi connectivity index (χ3n) is 1.37. The van der Waals surface area contributed by atoms with Crippen molar-refractivity contribution in [3.63, 3.8) is 0 Å². The second-order valence-electron chi connectivity index (χ2n) is 2.08. The lowest BCUT2D eigenvalue weighted by Crippen LogP contribution is -2.42. The molecule has 0 aliphatic carbocycles. The Morgan fingerprint density at radius 3 is 2.44 bits per heavy atom. The van der Waals surface area contributed by atoms with Crippen LogP contribution in [0.2, 0.25) is 0 Å². The van der Waals surface area contributed by atoms with Crippen molar-refractivity contribution in [1.82, 2.24) is 10.7 Å². The van der Waals surface area contributed by atoms with E-state index in [4.69, 9.17) is 5.84 Å². The van der Waals surface area contributed by atoms with Gasteiger partial charge in [-0.05, 0) is 13.0 Å². The molecule has 0 spiro atoms. The Morgan fingerprint density at radius 1 is 1.44 bits per heavy atom. The molecule has 0 aliphatic heterocycles. The van der Waals surface area contributed by atoms with Crippen LogP contribution in [-0.2, 0) is 0 Å². The number of rotatable bonds is 5. The van der Waals surface area contributed by atoms with Gasteiger partial charge in [-0.25, -0.2) is 0 Å². The fraction of sp³-hybridized carbons (Fsp3) is 1.00. The zero-order chi connectivity index (χ0) is 7.11. The van der Waals surface area contributed by atoms with E-state index in [0.29, 0.717) is 6.04 Å². The summed E-state index contributed by atoms with van der Waals surface area (Å²) in [5.74, 6) is 5.23. The lowest BCUT2D eigenvalue weighted by Gasteiger charge is -2.12. The first-order valence-corrected chi connectivity index (χ1v) is 3.52. The van der Waals surface area contributed by atoms with Gasteiger partial charge < -0.3 is 5.32 Å². The molecule has 0 radical (unpaired) electrons. The van der Waals surface area contributed by atoms with E-state index in [1.165, 1.54) is 0 Å². The van der Waals surface area contributed by atoms with Crippen LogP contribution in [0.25, 0.3) is 0 Å². The Hall–Kier alpha value is -0.120. The maximum Gasteiger partial charge on any atom is 0.0332 e. The smallest absolute Gasteiger partial charge is 0.0332 e. The summed E-state index contributed by atoms with van der Waals surface area (Å²) in [6.07, 6.45) is 1.07. The molecule has 0 aliphatic rings. The van der Waals surface area contributed by atoms with E-state index in [0.717, 1.165) is 19.5 Å². The number of hydrogen-bond donors (Lipinski definition) is 3. The van der Waals surface area contributed by atoms with Gasteiger partial charge >= 0.3 is 0 Å². The first-order chi connectivity index (χ1) is 4.35. The maximum atomic E-state index is 5.23.